The van der Waals surface area contributed by atoms with Gasteiger partial charge in [0.05, 0.1) is 6.42 Å². The van der Waals surface area contributed by atoms with Gasteiger partial charge in [0.15, 0.2) is 0 Å². The molecule has 3 rings (SSSR count). The number of benzene rings is 2. The summed E-state index contributed by atoms with van der Waals surface area (Å²) in [6, 6.07) is 11.9. The first kappa shape index (κ1) is 18.1. The van der Waals surface area contributed by atoms with Gasteiger partial charge in [-0.15, -0.1) is 0 Å². The second-order valence-electron chi connectivity index (χ2n) is 6.80. The fourth-order valence-electron chi connectivity index (χ4n) is 3.32. The van der Waals surface area contributed by atoms with Gasteiger partial charge in [0.25, 0.3) is 5.91 Å². The molecule has 0 saturated carbocycles. The van der Waals surface area contributed by atoms with Crippen molar-refractivity contribution < 1.29 is 14.0 Å². The van der Waals surface area contributed by atoms with Crippen LogP contribution >= 0.6 is 0 Å². The largest absolute Gasteiger partial charge is 0.339 e. The number of carbonyl (C=O) groups excluding carboxylic acids is 2. The Morgan fingerprint density at radius 1 is 0.962 bits per heavy atom. The molecule has 0 atom stereocenters. The Morgan fingerprint density at radius 3 is 2.31 bits per heavy atom. The summed E-state index contributed by atoms with van der Waals surface area (Å²) in [6.45, 7) is 5.99. The topological polar surface area (TPSA) is 40.6 Å². The average Bonchev–Trinajstić information content (AvgIpc) is 2.61. The maximum atomic E-state index is 13.2. The quantitative estimate of drug-likeness (QED) is 0.850. The number of piperazine rings is 1. The molecule has 0 radical (unpaired) electrons. The lowest BCUT2D eigenvalue weighted by atomic mass is 10.0. The third kappa shape index (κ3) is 4.10. The molecule has 1 heterocycles. The lowest BCUT2D eigenvalue weighted by Gasteiger charge is -2.35. The zero-order valence-corrected chi connectivity index (χ0v) is 15.2. The van der Waals surface area contributed by atoms with E-state index in [1.807, 2.05) is 32.0 Å². The van der Waals surface area contributed by atoms with Crippen molar-refractivity contribution in [3.63, 3.8) is 0 Å². The average molecular weight is 354 g/mol. The summed E-state index contributed by atoms with van der Waals surface area (Å²) < 4.78 is 13.2. The number of halogens is 1. The van der Waals surface area contributed by atoms with E-state index in [9.17, 15) is 14.0 Å². The van der Waals surface area contributed by atoms with Crippen LogP contribution in [0.4, 0.5) is 4.39 Å². The van der Waals surface area contributed by atoms with Gasteiger partial charge in [-0.3, -0.25) is 9.59 Å². The molecule has 26 heavy (non-hydrogen) atoms. The van der Waals surface area contributed by atoms with E-state index in [0.717, 1.165) is 16.7 Å². The molecule has 5 heteroatoms. The molecule has 136 valence electrons. The van der Waals surface area contributed by atoms with Crippen molar-refractivity contribution in [2.24, 2.45) is 0 Å². The van der Waals surface area contributed by atoms with E-state index in [-0.39, 0.29) is 24.1 Å². The molecule has 0 unspecified atom stereocenters. The first-order valence-corrected chi connectivity index (χ1v) is 8.83. The molecule has 1 saturated heterocycles. The van der Waals surface area contributed by atoms with E-state index >= 15 is 0 Å². The van der Waals surface area contributed by atoms with Crippen LogP contribution in [0, 0.1) is 19.7 Å². The maximum Gasteiger partial charge on any atom is 0.254 e. The van der Waals surface area contributed by atoms with Crippen molar-refractivity contribution in [3.05, 3.63) is 70.5 Å². The van der Waals surface area contributed by atoms with E-state index in [0.29, 0.717) is 31.7 Å². The fraction of sp³-hybridized carbons (Fsp3) is 0.333. The number of aryl methyl sites for hydroxylation is 2. The minimum atomic E-state index is -0.334. The molecule has 0 bridgehead atoms. The molecule has 2 aromatic rings. The van der Waals surface area contributed by atoms with Gasteiger partial charge in [-0.25, -0.2) is 4.39 Å². The SMILES string of the molecule is Cc1ccc(C(=O)N2CCN(C(=O)Cc3cccc(F)c3)CC2)c(C)c1. The predicted molar refractivity (Wildman–Crippen MR) is 98.5 cm³/mol. The van der Waals surface area contributed by atoms with Gasteiger partial charge < -0.3 is 9.80 Å². The third-order valence-electron chi connectivity index (χ3n) is 4.78. The second-order valence-corrected chi connectivity index (χ2v) is 6.80. The van der Waals surface area contributed by atoms with Crippen molar-refractivity contribution in [3.8, 4) is 0 Å². The van der Waals surface area contributed by atoms with Crippen LogP contribution < -0.4 is 0 Å². The van der Waals surface area contributed by atoms with Crippen LogP contribution in [0.3, 0.4) is 0 Å². The van der Waals surface area contributed by atoms with Crippen LogP contribution in [-0.2, 0) is 11.2 Å². The molecule has 1 aliphatic heterocycles. The summed E-state index contributed by atoms with van der Waals surface area (Å²) in [4.78, 5) is 28.7. The first-order valence-electron chi connectivity index (χ1n) is 8.83. The fourth-order valence-corrected chi connectivity index (χ4v) is 3.32. The molecular formula is C21H23FN2O2. The Morgan fingerprint density at radius 2 is 1.65 bits per heavy atom. The Balaban J connectivity index is 1.58. The van der Waals surface area contributed by atoms with Crippen LogP contribution in [-0.4, -0.2) is 47.8 Å². The second kappa shape index (κ2) is 7.68. The molecule has 0 spiro atoms. The van der Waals surface area contributed by atoms with Crippen molar-refractivity contribution >= 4 is 11.8 Å². The molecule has 0 aromatic heterocycles. The Bertz CT molecular complexity index is 827. The number of hydrogen-bond acceptors (Lipinski definition) is 2. The maximum absolute atomic E-state index is 13.2. The monoisotopic (exact) mass is 354 g/mol. The van der Waals surface area contributed by atoms with Crippen LogP contribution in [0.15, 0.2) is 42.5 Å². The van der Waals surface area contributed by atoms with Gasteiger partial charge in [-0.2, -0.15) is 0 Å². The smallest absolute Gasteiger partial charge is 0.254 e. The number of hydrogen-bond donors (Lipinski definition) is 0. The van der Waals surface area contributed by atoms with Gasteiger partial charge >= 0.3 is 0 Å². The molecule has 2 aromatic carbocycles. The number of nitrogens with zero attached hydrogens (tertiary/aromatic N) is 2. The highest BCUT2D eigenvalue weighted by Gasteiger charge is 2.25. The molecule has 1 aliphatic rings. The summed E-state index contributed by atoms with van der Waals surface area (Å²) in [5.74, 6) is -0.354. The van der Waals surface area contributed by atoms with Gasteiger partial charge in [-0.05, 0) is 43.2 Å². The summed E-state index contributed by atoms with van der Waals surface area (Å²) in [5, 5.41) is 0. The van der Waals surface area contributed by atoms with Crippen LogP contribution in [0.2, 0.25) is 0 Å². The summed E-state index contributed by atoms with van der Waals surface area (Å²) in [6.07, 6.45) is 0.183. The van der Waals surface area contributed by atoms with Gasteiger partial charge in [0.1, 0.15) is 5.82 Å². The van der Waals surface area contributed by atoms with Crippen LogP contribution in [0.5, 0.6) is 0 Å². The zero-order chi connectivity index (χ0) is 18.7. The molecule has 0 aliphatic carbocycles. The molecule has 2 amide bonds. The lowest BCUT2D eigenvalue weighted by Crippen LogP contribution is -2.51. The Kier molecular flexibility index (Phi) is 5.35. The summed E-state index contributed by atoms with van der Waals surface area (Å²) in [5.41, 5.74) is 3.49. The molecule has 4 nitrogen and oxygen atoms in total. The summed E-state index contributed by atoms with van der Waals surface area (Å²) in [7, 11) is 0. The lowest BCUT2D eigenvalue weighted by molar-refractivity contribution is -0.131. The molecule has 0 N–H and O–H groups in total. The number of amides is 2. The summed E-state index contributed by atoms with van der Waals surface area (Å²) >= 11 is 0. The normalized spacial score (nSPS) is 14.4. The van der Waals surface area contributed by atoms with Crippen molar-refractivity contribution in [1.29, 1.82) is 0 Å². The highest BCUT2D eigenvalue weighted by atomic mass is 19.1. The Hall–Kier alpha value is -2.69. The van der Waals surface area contributed by atoms with E-state index in [2.05, 4.69) is 0 Å². The predicted octanol–water partition coefficient (Wildman–Crippen LogP) is 2.97. The first-order chi connectivity index (χ1) is 12.4. The van der Waals surface area contributed by atoms with E-state index < -0.39 is 0 Å². The van der Waals surface area contributed by atoms with Crippen molar-refractivity contribution in [1.82, 2.24) is 9.80 Å². The van der Waals surface area contributed by atoms with Crippen LogP contribution in [0.1, 0.15) is 27.0 Å². The minimum absolute atomic E-state index is 0.0136. The zero-order valence-electron chi connectivity index (χ0n) is 15.2. The van der Waals surface area contributed by atoms with Gasteiger partial charge in [-0.1, -0.05) is 29.8 Å². The minimum Gasteiger partial charge on any atom is -0.339 e. The van der Waals surface area contributed by atoms with E-state index in [1.54, 1.807) is 21.9 Å². The van der Waals surface area contributed by atoms with Gasteiger partial charge in [0, 0.05) is 31.7 Å². The standard InChI is InChI=1S/C21H23FN2O2/c1-15-6-7-19(16(2)12-15)21(26)24-10-8-23(9-11-24)20(25)14-17-4-3-5-18(22)13-17/h3-7,12-13H,8-11,14H2,1-2H3. The van der Waals surface area contributed by atoms with E-state index in [1.165, 1.54) is 12.1 Å². The van der Waals surface area contributed by atoms with E-state index in [4.69, 9.17) is 0 Å². The highest BCUT2D eigenvalue weighted by molar-refractivity contribution is 5.96. The van der Waals surface area contributed by atoms with Crippen LogP contribution in [0.25, 0.3) is 0 Å². The van der Waals surface area contributed by atoms with Crippen molar-refractivity contribution in [2.75, 3.05) is 26.2 Å². The number of rotatable bonds is 3. The number of carbonyl (C=O) groups is 2. The highest BCUT2D eigenvalue weighted by Crippen LogP contribution is 2.15. The molecular weight excluding hydrogens is 331 g/mol. The third-order valence-corrected chi connectivity index (χ3v) is 4.78. The Labute approximate surface area is 153 Å². The van der Waals surface area contributed by atoms with Crippen molar-refractivity contribution in [2.45, 2.75) is 20.3 Å². The van der Waals surface area contributed by atoms with Gasteiger partial charge in [0.2, 0.25) is 5.91 Å². The molecule has 1 fully saturated rings.